The van der Waals surface area contributed by atoms with E-state index >= 15 is 0 Å². The van der Waals surface area contributed by atoms with Crippen molar-refractivity contribution in [2.75, 3.05) is 58.2 Å². The number of piperazine rings is 1. The molecule has 0 bridgehead atoms. The third-order valence-corrected chi connectivity index (χ3v) is 6.02. The lowest BCUT2D eigenvalue weighted by Crippen LogP contribution is -2.46. The maximum absolute atomic E-state index is 14.4. The summed E-state index contributed by atoms with van der Waals surface area (Å²) in [4.78, 5) is 29.2. The van der Waals surface area contributed by atoms with Crippen molar-refractivity contribution in [2.45, 2.75) is 19.3 Å². The van der Waals surface area contributed by atoms with Crippen LogP contribution in [0.15, 0.2) is 23.0 Å². The number of nitrogens with one attached hydrogen (secondary N) is 3. The molecular formula is C22H29FN6O2. The summed E-state index contributed by atoms with van der Waals surface area (Å²) in [6.07, 6.45) is 2.00. The standard InChI is InChI=1S/C22H29FN6O2/c1-28-9-11-29(12-10-28)8-7-25-21(30)17-13-15(4-5-18(17)23)14-19-20-16(3-2-6-24-20)22(31)27-26-19/h4-5,13,24H,2-3,6-12,14H2,1H3,(H,25,30)(H,27,31). The van der Waals surface area contributed by atoms with Gasteiger partial charge < -0.3 is 15.5 Å². The van der Waals surface area contributed by atoms with Gasteiger partial charge in [0.15, 0.2) is 0 Å². The molecule has 166 valence electrons. The summed E-state index contributed by atoms with van der Waals surface area (Å²) in [6.45, 7) is 5.99. The lowest BCUT2D eigenvalue weighted by Gasteiger charge is -2.32. The van der Waals surface area contributed by atoms with Gasteiger partial charge in [0.05, 0.1) is 16.9 Å². The number of aromatic amines is 1. The van der Waals surface area contributed by atoms with E-state index in [4.69, 9.17) is 0 Å². The molecule has 8 nitrogen and oxygen atoms in total. The van der Waals surface area contributed by atoms with Crippen LogP contribution in [-0.4, -0.2) is 78.8 Å². The molecule has 31 heavy (non-hydrogen) atoms. The number of halogens is 1. The van der Waals surface area contributed by atoms with E-state index in [0.717, 1.165) is 56.9 Å². The van der Waals surface area contributed by atoms with Crippen molar-refractivity contribution in [2.24, 2.45) is 0 Å². The molecule has 3 N–H and O–H groups in total. The van der Waals surface area contributed by atoms with E-state index in [2.05, 4.69) is 37.7 Å². The Morgan fingerprint density at radius 2 is 2.06 bits per heavy atom. The molecule has 3 heterocycles. The minimum atomic E-state index is -0.546. The molecule has 2 aliphatic heterocycles. The molecule has 1 fully saturated rings. The second kappa shape index (κ2) is 9.57. The topological polar surface area (TPSA) is 93.4 Å². The Labute approximate surface area is 180 Å². The molecule has 1 aromatic carbocycles. The number of H-pyrrole nitrogens is 1. The normalized spacial score (nSPS) is 17.1. The highest BCUT2D eigenvalue weighted by Gasteiger charge is 2.19. The van der Waals surface area contributed by atoms with Crippen LogP contribution in [0.1, 0.15) is 33.6 Å². The third-order valence-electron chi connectivity index (χ3n) is 6.02. The highest BCUT2D eigenvalue weighted by Crippen LogP contribution is 2.24. The number of hydrogen-bond donors (Lipinski definition) is 3. The van der Waals surface area contributed by atoms with Crippen molar-refractivity contribution in [3.63, 3.8) is 0 Å². The largest absolute Gasteiger partial charge is 0.383 e. The highest BCUT2D eigenvalue weighted by molar-refractivity contribution is 5.94. The molecular weight excluding hydrogens is 399 g/mol. The van der Waals surface area contributed by atoms with Gasteiger partial charge in [-0.2, -0.15) is 5.10 Å². The second-order valence-electron chi connectivity index (χ2n) is 8.28. The number of anilines is 1. The summed E-state index contributed by atoms with van der Waals surface area (Å²) >= 11 is 0. The second-order valence-corrected chi connectivity index (χ2v) is 8.28. The van der Waals surface area contributed by atoms with Crippen molar-refractivity contribution in [3.8, 4) is 0 Å². The monoisotopic (exact) mass is 428 g/mol. The van der Waals surface area contributed by atoms with Crippen LogP contribution in [0.2, 0.25) is 0 Å². The van der Waals surface area contributed by atoms with Crippen LogP contribution in [0.25, 0.3) is 0 Å². The molecule has 9 heteroatoms. The zero-order valence-electron chi connectivity index (χ0n) is 17.8. The maximum Gasteiger partial charge on any atom is 0.269 e. The highest BCUT2D eigenvalue weighted by atomic mass is 19.1. The maximum atomic E-state index is 14.4. The molecule has 2 aliphatic rings. The van der Waals surface area contributed by atoms with Crippen molar-refractivity contribution < 1.29 is 9.18 Å². The predicted octanol–water partition coefficient (Wildman–Crippen LogP) is 0.835. The summed E-state index contributed by atoms with van der Waals surface area (Å²) in [5.74, 6) is -0.960. The van der Waals surface area contributed by atoms with E-state index in [9.17, 15) is 14.0 Å². The van der Waals surface area contributed by atoms with Gasteiger partial charge in [-0.15, -0.1) is 0 Å². The molecule has 4 rings (SSSR count). The number of nitrogens with zero attached hydrogens (tertiary/aromatic N) is 3. The van der Waals surface area contributed by atoms with Crippen molar-refractivity contribution >= 4 is 11.6 Å². The lowest BCUT2D eigenvalue weighted by atomic mass is 10.00. The Bertz CT molecular complexity index is 1000. The number of likely N-dealkylation sites (N-methyl/N-ethyl adjacent to an activating group) is 1. The zero-order valence-corrected chi connectivity index (χ0v) is 17.8. The van der Waals surface area contributed by atoms with Gasteiger partial charge in [-0.05, 0) is 37.6 Å². The van der Waals surface area contributed by atoms with Gasteiger partial charge in [0.25, 0.3) is 11.5 Å². The fourth-order valence-electron chi connectivity index (χ4n) is 4.13. The lowest BCUT2D eigenvalue weighted by molar-refractivity contribution is 0.0937. The minimum absolute atomic E-state index is 0.0297. The smallest absolute Gasteiger partial charge is 0.269 e. The number of fused-ring (bicyclic) bond motifs is 1. The number of aromatic nitrogens is 2. The first-order chi connectivity index (χ1) is 15.0. The molecule has 0 atom stereocenters. The van der Waals surface area contributed by atoms with Gasteiger partial charge in [0.1, 0.15) is 5.82 Å². The predicted molar refractivity (Wildman–Crippen MR) is 117 cm³/mol. The molecule has 1 saturated heterocycles. The summed E-state index contributed by atoms with van der Waals surface area (Å²) in [7, 11) is 2.10. The van der Waals surface area contributed by atoms with Gasteiger partial charge in [-0.3, -0.25) is 14.5 Å². The number of amides is 1. The SMILES string of the molecule is CN1CCN(CCNC(=O)c2cc(Cc3n[nH]c(=O)c4c3NCCC4)ccc2F)CC1. The van der Waals surface area contributed by atoms with E-state index in [-0.39, 0.29) is 11.1 Å². The molecule has 0 aliphatic carbocycles. The van der Waals surface area contributed by atoms with Crippen LogP contribution < -0.4 is 16.2 Å². The Hall–Kier alpha value is -2.78. The molecule has 0 unspecified atom stereocenters. The molecule has 1 amide bonds. The van der Waals surface area contributed by atoms with E-state index in [1.54, 1.807) is 12.1 Å². The van der Waals surface area contributed by atoms with Crippen LogP contribution >= 0.6 is 0 Å². The quantitative estimate of drug-likeness (QED) is 0.631. The van der Waals surface area contributed by atoms with Crippen LogP contribution in [0.5, 0.6) is 0 Å². The molecule has 1 aromatic heterocycles. The summed E-state index contributed by atoms with van der Waals surface area (Å²) in [5, 5.41) is 12.8. The zero-order chi connectivity index (χ0) is 21.8. The van der Waals surface area contributed by atoms with Crippen LogP contribution in [0, 0.1) is 5.82 Å². The first-order valence-electron chi connectivity index (χ1n) is 10.8. The van der Waals surface area contributed by atoms with Gasteiger partial charge in [0, 0.05) is 57.8 Å². The molecule has 0 saturated carbocycles. The Balaban J connectivity index is 1.41. The molecule has 0 spiro atoms. The third kappa shape index (κ3) is 5.11. The van der Waals surface area contributed by atoms with Crippen molar-refractivity contribution in [1.82, 2.24) is 25.3 Å². The van der Waals surface area contributed by atoms with Gasteiger partial charge in [-0.25, -0.2) is 9.49 Å². The minimum Gasteiger partial charge on any atom is -0.383 e. The van der Waals surface area contributed by atoms with E-state index in [1.807, 2.05) is 0 Å². The average Bonchev–Trinajstić information content (AvgIpc) is 2.78. The van der Waals surface area contributed by atoms with E-state index < -0.39 is 11.7 Å². The first kappa shape index (κ1) is 21.5. The number of carbonyl (C=O) groups is 1. The summed E-state index contributed by atoms with van der Waals surface area (Å²) < 4.78 is 14.4. The number of rotatable bonds is 6. The number of benzene rings is 1. The van der Waals surface area contributed by atoms with Crippen LogP contribution in [-0.2, 0) is 12.8 Å². The average molecular weight is 429 g/mol. The van der Waals surface area contributed by atoms with E-state index in [0.29, 0.717) is 30.6 Å². The molecule has 2 aromatic rings. The molecule has 0 radical (unpaired) electrons. The van der Waals surface area contributed by atoms with Crippen LogP contribution in [0.4, 0.5) is 10.1 Å². The Morgan fingerprint density at radius 1 is 1.26 bits per heavy atom. The Kier molecular flexibility index (Phi) is 6.62. The van der Waals surface area contributed by atoms with Crippen LogP contribution in [0.3, 0.4) is 0 Å². The number of hydrogen-bond acceptors (Lipinski definition) is 6. The van der Waals surface area contributed by atoms with Gasteiger partial charge >= 0.3 is 0 Å². The summed E-state index contributed by atoms with van der Waals surface area (Å²) in [5.41, 5.74) is 2.78. The Morgan fingerprint density at radius 3 is 2.87 bits per heavy atom. The van der Waals surface area contributed by atoms with Gasteiger partial charge in [-0.1, -0.05) is 6.07 Å². The van der Waals surface area contributed by atoms with Gasteiger partial charge in [0.2, 0.25) is 0 Å². The van der Waals surface area contributed by atoms with Crippen molar-refractivity contribution in [1.29, 1.82) is 0 Å². The van der Waals surface area contributed by atoms with Crippen molar-refractivity contribution in [3.05, 3.63) is 56.8 Å². The summed E-state index contributed by atoms with van der Waals surface area (Å²) in [6, 6.07) is 4.54. The first-order valence-corrected chi connectivity index (χ1v) is 10.8. The fourth-order valence-corrected chi connectivity index (χ4v) is 4.13. The number of carbonyl (C=O) groups excluding carboxylic acids is 1. The van der Waals surface area contributed by atoms with E-state index in [1.165, 1.54) is 6.07 Å². The fraction of sp³-hybridized carbons (Fsp3) is 0.500.